The van der Waals surface area contributed by atoms with Crippen molar-refractivity contribution in [3.63, 3.8) is 0 Å². The first kappa shape index (κ1) is 21.6. The zero-order chi connectivity index (χ0) is 18.7. The Kier molecular flexibility index (Phi) is 7.21. The second-order valence-corrected chi connectivity index (χ2v) is 8.70. The molecular formula is C17H25ClN4O4S. The summed E-state index contributed by atoms with van der Waals surface area (Å²) in [5, 5.41) is 8.88. The predicted molar refractivity (Wildman–Crippen MR) is 103 cm³/mol. The fourth-order valence-corrected chi connectivity index (χ4v) is 4.69. The molecule has 27 heavy (non-hydrogen) atoms. The molecule has 2 saturated heterocycles. The maximum Gasteiger partial charge on any atom is 0.251 e. The third-order valence-electron chi connectivity index (χ3n) is 4.84. The van der Waals surface area contributed by atoms with E-state index in [-0.39, 0.29) is 54.8 Å². The number of carbonyl (C=O) groups is 2. The highest BCUT2D eigenvalue weighted by Crippen LogP contribution is 2.18. The summed E-state index contributed by atoms with van der Waals surface area (Å²) in [7, 11) is -3.81. The van der Waals surface area contributed by atoms with Crippen LogP contribution in [0, 0.1) is 5.92 Å². The van der Waals surface area contributed by atoms with Gasteiger partial charge in [0.25, 0.3) is 5.91 Å². The molecule has 0 radical (unpaired) electrons. The van der Waals surface area contributed by atoms with Gasteiger partial charge in [-0.2, -0.15) is 4.31 Å². The Balaban J connectivity index is 0.00000261. The maximum atomic E-state index is 12.8. The number of nitrogens with one attached hydrogen (secondary N) is 3. The molecule has 1 aromatic carbocycles. The van der Waals surface area contributed by atoms with E-state index < -0.39 is 10.0 Å². The molecule has 1 aromatic rings. The van der Waals surface area contributed by atoms with Gasteiger partial charge in [0, 0.05) is 24.7 Å². The molecule has 2 heterocycles. The number of benzene rings is 1. The normalized spacial score (nSPS) is 23.8. The summed E-state index contributed by atoms with van der Waals surface area (Å²) in [6, 6.07) is 6.05. The van der Waals surface area contributed by atoms with Crippen LogP contribution < -0.4 is 16.0 Å². The van der Waals surface area contributed by atoms with E-state index >= 15 is 0 Å². The highest BCUT2D eigenvalue weighted by molar-refractivity contribution is 7.89. The first-order valence-electron chi connectivity index (χ1n) is 8.76. The van der Waals surface area contributed by atoms with Crippen molar-refractivity contribution in [2.75, 3.05) is 32.7 Å². The highest BCUT2D eigenvalue weighted by Gasteiger charge is 2.30. The first-order chi connectivity index (χ1) is 12.4. The molecular weight excluding hydrogens is 392 g/mol. The zero-order valence-corrected chi connectivity index (χ0v) is 16.7. The van der Waals surface area contributed by atoms with Crippen molar-refractivity contribution in [2.45, 2.75) is 24.3 Å². The Bertz CT molecular complexity index is 802. The maximum absolute atomic E-state index is 12.8. The molecule has 0 spiro atoms. The molecule has 2 fully saturated rings. The second-order valence-electron chi connectivity index (χ2n) is 6.77. The van der Waals surface area contributed by atoms with Gasteiger partial charge >= 0.3 is 0 Å². The van der Waals surface area contributed by atoms with E-state index in [9.17, 15) is 18.0 Å². The van der Waals surface area contributed by atoms with Crippen LogP contribution in [0.25, 0.3) is 0 Å². The van der Waals surface area contributed by atoms with E-state index in [2.05, 4.69) is 22.9 Å². The molecule has 3 N–H and O–H groups in total. The number of rotatable bonds is 4. The van der Waals surface area contributed by atoms with Gasteiger partial charge in [-0.3, -0.25) is 9.59 Å². The second kappa shape index (κ2) is 9.01. The molecule has 0 aliphatic carbocycles. The number of piperazine rings is 1. The minimum absolute atomic E-state index is 0. The van der Waals surface area contributed by atoms with Gasteiger partial charge in [0.15, 0.2) is 0 Å². The lowest BCUT2D eigenvalue weighted by Gasteiger charge is -2.30. The van der Waals surface area contributed by atoms with Crippen LogP contribution in [-0.2, 0) is 14.8 Å². The molecule has 2 atom stereocenters. The van der Waals surface area contributed by atoms with Gasteiger partial charge in [-0.1, -0.05) is 13.0 Å². The summed E-state index contributed by atoms with van der Waals surface area (Å²) in [5.74, 6) is -0.294. The highest BCUT2D eigenvalue weighted by atomic mass is 35.5. The molecule has 3 rings (SSSR count). The van der Waals surface area contributed by atoms with Crippen molar-refractivity contribution in [1.29, 1.82) is 0 Å². The summed E-state index contributed by atoms with van der Waals surface area (Å²) in [6.07, 6.45) is 0.841. The largest absolute Gasteiger partial charge is 0.354 e. The van der Waals surface area contributed by atoms with Gasteiger partial charge in [-0.25, -0.2) is 8.42 Å². The molecule has 8 nitrogen and oxygen atoms in total. The number of piperidine rings is 1. The molecule has 10 heteroatoms. The van der Waals surface area contributed by atoms with Gasteiger partial charge in [-0.15, -0.1) is 12.4 Å². The summed E-state index contributed by atoms with van der Waals surface area (Å²) in [5.41, 5.74) is 0.304. The average molecular weight is 417 g/mol. The number of sulfonamides is 1. The van der Waals surface area contributed by atoms with Gasteiger partial charge < -0.3 is 16.0 Å². The number of hydrogen-bond acceptors (Lipinski definition) is 5. The van der Waals surface area contributed by atoms with Crippen LogP contribution in [0.15, 0.2) is 29.2 Å². The molecule has 0 saturated carbocycles. The first-order valence-corrected chi connectivity index (χ1v) is 10.2. The fraction of sp³-hybridized carbons (Fsp3) is 0.529. The van der Waals surface area contributed by atoms with Crippen LogP contribution in [0.3, 0.4) is 0 Å². The predicted octanol–water partition coefficient (Wildman–Crippen LogP) is -0.0433. The van der Waals surface area contributed by atoms with E-state index in [1.54, 1.807) is 12.1 Å². The number of hydrogen-bond donors (Lipinski definition) is 3. The van der Waals surface area contributed by atoms with Crippen molar-refractivity contribution < 1.29 is 18.0 Å². The molecule has 2 aliphatic rings. The third kappa shape index (κ3) is 4.98. The molecule has 0 bridgehead atoms. The topological polar surface area (TPSA) is 108 Å². The van der Waals surface area contributed by atoms with Gasteiger partial charge in [0.2, 0.25) is 15.9 Å². The standard InChI is InChI=1S/C17H24N4O4S.ClH/c1-12-10-18-6-5-15(12)20-17(23)13-3-2-4-14(9-13)26(24,25)21-8-7-19-16(22)11-21;/h2-4,9,12,15,18H,5-8,10-11H2,1H3,(H,19,22)(H,20,23);1H. The lowest BCUT2D eigenvalue weighted by atomic mass is 9.95. The van der Waals surface area contributed by atoms with Crippen LogP contribution in [0.2, 0.25) is 0 Å². The smallest absolute Gasteiger partial charge is 0.251 e. The molecule has 0 aromatic heterocycles. The summed E-state index contributed by atoms with van der Waals surface area (Å²) >= 11 is 0. The van der Waals surface area contributed by atoms with E-state index in [1.807, 2.05) is 0 Å². The minimum Gasteiger partial charge on any atom is -0.354 e. The lowest BCUT2D eigenvalue weighted by Crippen LogP contribution is -2.50. The Morgan fingerprint density at radius 3 is 2.78 bits per heavy atom. The fourth-order valence-electron chi connectivity index (χ4n) is 3.25. The van der Waals surface area contributed by atoms with Gasteiger partial charge in [0.05, 0.1) is 11.4 Å². The van der Waals surface area contributed by atoms with Gasteiger partial charge in [-0.05, 0) is 43.6 Å². The van der Waals surface area contributed by atoms with Crippen molar-refractivity contribution in [3.05, 3.63) is 29.8 Å². The van der Waals surface area contributed by atoms with Crippen molar-refractivity contribution in [1.82, 2.24) is 20.3 Å². The third-order valence-corrected chi connectivity index (χ3v) is 6.68. The zero-order valence-electron chi connectivity index (χ0n) is 15.1. The Morgan fingerprint density at radius 1 is 1.30 bits per heavy atom. The van der Waals surface area contributed by atoms with Crippen LogP contribution in [0.1, 0.15) is 23.7 Å². The monoisotopic (exact) mass is 416 g/mol. The Hall–Kier alpha value is -1.68. The van der Waals surface area contributed by atoms with E-state index in [1.165, 1.54) is 12.1 Å². The van der Waals surface area contributed by atoms with Crippen molar-refractivity contribution in [3.8, 4) is 0 Å². The van der Waals surface area contributed by atoms with E-state index in [0.29, 0.717) is 11.5 Å². The SMILES string of the molecule is CC1CNCCC1NC(=O)c1cccc(S(=O)(=O)N2CCNC(=O)C2)c1.Cl. The number of carbonyl (C=O) groups excluding carboxylic acids is 2. The van der Waals surface area contributed by atoms with E-state index in [4.69, 9.17) is 0 Å². The van der Waals surface area contributed by atoms with Crippen LogP contribution in [0.5, 0.6) is 0 Å². The number of nitrogens with zero attached hydrogens (tertiary/aromatic N) is 1. The number of amides is 2. The van der Waals surface area contributed by atoms with Crippen molar-refractivity contribution in [2.24, 2.45) is 5.92 Å². The van der Waals surface area contributed by atoms with Crippen LogP contribution in [0.4, 0.5) is 0 Å². The quantitative estimate of drug-likeness (QED) is 0.638. The summed E-state index contributed by atoms with van der Waals surface area (Å²) in [4.78, 5) is 24.1. The molecule has 2 unspecified atom stereocenters. The van der Waals surface area contributed by atoms with Gasteiger partial charge in [0.1, 0.15) is 0 Å². The summed E-state index contributed by atoms with van der Waals surface area (Å²) in [6.45, 7) is 4.06. The Labute approximate surface area is 165 Å². The van der Waals surface area contributed by atoms with Crippen LogP contribution >= 0.6 is 12.4 Å². The van der Waals surface area contributed by atoms with Crippen LogP contribution in [-0.4, -0.2) is 63.3 Å². The lowest BCUT2D eigenvalue weighted by molar-refractivity contribution is -0.122. The molecule has 150 valence electrons. The molecule has 2 amide bonds. The number of halogens is 1. The van der Waals surface area contributed by atoms with Crippen molar-refractivity contribution >= 4 is 34.2 Å². The molecule has 2 aliphatic heterocycles. The van der Waals surface area contributed by atoms with E-state index in [0.717, 1.165) is 23.8 Å². The Morgan fingerprint density at radius 2 is 2.07 bits per heavy atom. The minimum atomic E-state index is -3.81. The average Bonchev–Trinajstić information content (AvgIpc) is 2.63. The summed E-state index contributed by atoms with van der Waals surface area (Å²) < 4.78 is 26.6.